The van der Waals surface area contributed by atoms with E-state index in [2.05, 4.69) is 14.4 Å². The van der Waals surface area contributed by atoms with E-state index in [0.717, 1.165) is 0 Å². The van der Waals surface area contributed by atoms with Crippen LogP contribution in [0.3, 0.4) is 0 Å². The van der Waals surface area contributed by atoms with E-state index in [4.69, 9.17) is 16.3 Å². The molecule has 2 rings (SSSR count). The van der Waals surface area contributed by atoms with Crippen molar-refractivity contribution in [2.24, 2.45) is 0 Å². The van der Waals surface area contributed by atoms with Gasteiger partial charge in [-0.1, -0.05) is 11.6 Å². The number of nitrogens with zero attached hydrogens (tertiary/aromatic N) is 1. The quantitative estimate of drug-likeness (QED) is 0.826. The summed E-state index contributed by atoms with van der Waals surface area (Å²) in [6, 6.07) is 6.98. The zero-order chi connectivity index (χ0) is 17.0. The third-order valence-electron chi connectivity index (χ3n) is 2.84. The van der Waals surface area contributed by atoms with E-state index in [0.29, 0.717) is 0 Å². The van der Waals surface area contributed by atoms with E-state index < -0.39 is 16.0 Å². The lowest BCUT2D eigenvalue weighted by Crippen LogP contribution is -2.15. The number of nitrogens with one attached hydrogen (secondary N) is 1. The molecule has 1 aromatic heterocycles. The minimum atomic E-state index is -3.96. The normalized spacial score (nSPS) is 10.9. The van der Waals surface area contributed by atoms with E-state index >= 15 is 0 Å². The molecule has 0 aliphatic carbocycles. The van der Waals surface area contributed by atoms with Gasteiger partial charge >= 0.3 is 5.97 Å². The Kier molecular flexibility index (Phi) is 5.07. The molecule has 9 heteroatoms. The van der Waals surface area contributed by atoms with Gasteiger partial charge in [-0.2, -0.15) is 0 Å². The van der Waals surface area contributed by atoms with Gasteiger partial charge in [-0.25, -0.2) is 18.2 Å². The summed E-state index contributed by atoms with van der Waals surface area (Å²) in [5.74, 6) is -0.379. The van der Waals surface area contributed by atoms with Crippen molar-refractivity contribution in [2.45, 2.75) is 4.90 Å². The Hall–Kier alpha value is -2.32. The predicted octanol–water partition coefficient (Wildman–Crippen LogP) is 2.33. The fourth-order valence-corrected chi connectivity index (χ4v) is 3.19. The molecule has 23 heavy (non-hydrogen) atoms. The number of aromatic nitrogens is 1. The highest BCUT2D eigenvalue weighted by Crippen LogP contribution is 2.28. The van der Waals surface area contributed by atoms with Crippen LogP contribution in [0, 0.1) is 0 Å². The maximum absolute atomic E-state index is 12.4. The van der Waals surface area contributed by atoms with Crippen molar-refractivity contribution in [1.29, 1.82) is 0 Å². The molecule has 0 fully saturated rings. The van der Waals surface area contributed by atoms with Gasteiger partial charge in [0.15, 0.2) is 0 Å². The molecule has 0 aliphatic rings. The number of pyridine rings is 1. The minimum absolute atomic E-state index is 0.0414. The number of anilines is 1. The molecule has 0 amide bonds. The predicted molar refractivity (Wildman–Crippen MR) is 84.4 cm³/mol. The Labute approximate surface area is 138 Å². The van der Waals surface area contributed by atoms with Crippen LogP contribution in [0.25, 0.3) is 0 Å². The molecule has 0 aliphatic heterocycles. The second kappa shape index (κ2) is 6.84. The van der Waals surface area contributed by atoms with Gasteiger partial charge < -0.3 is 9.47 Å². The van der Waals surface area contributed by atoms with Crippen molar-refractivity contribution in [2.75, 3.05) is 18.9 Å². The number of sulfonamides is 1. The summed E-state index contributed by atoms with van der Waals surface area (Å²) in [6.07, 6.45) is 1.21. The SMILES string of the molecule is COC(=O)c1ccc(NS(=O)(=O)c2cc(Cl)ccc2OC)nc1. The summed E-state index contributed by atoms with van der Waals surface area (Å²) in [5, 5.41) is 0.250. The van der Waals surface area contributed by atoms with Crippen LogP contribution >= 0.6 is 11.6 Å². The molecular formula is C14H13ClN2O5S. The van der Waals surface area contributed by atoms with Gasteiger partial charge in [0.05, 0.1) is 19.8 Å². The summed E-state index contributed by atoms with van der Waals surface area (Å²) >= 11 is 5.84. The van der Waals surface area contributed by atoms with Crippen molar-refractivity contribution < 1.29 is 22.7 Å². The highest BCUT2D eigenvalue weighted by Gasteiger charge is 2.21. The zero-order valence-electron chi connectivity index (χ0n) is 12.2. The highest BCUT2D eigenvalue weighted by molar-refractivity contribution is 7.92. The van der Waals surface area contributed by atoms with E-state index in [-0.39, 0.29) is 27.0 Å². The lowest BCUT2D eigenvalue weighted by Gasteiger charge is -2.11. The minimum Gasteiger partial charge on any atom is -0.495 e. The van der Waals surface area contributed by atoms with Crippen molar-refractivity contribution in [3.05, 3.63) is 47.1 Å². The summed E-state index contributed by atoms with van der Waals surface area (Å²) in [5.41, 5.74) is 0.204. The average molecular weight is 357 g/mol. The summed E-state index contributed by atoms with van der Waals surface area (Å²) in [7, 11) is -1.36. The fourth-order valence-electron chi connectivity index (χ4n) is 1.75. The van der Waals surface area contributed by atoms with Crippen LogP contribution in [0.5, 0.6) is 5.75 Å². The summed E-state index contributed by atoms with van der Waals surface area (Å²) in [6.45, 7) is 0. The standard InChI is InChI=1S/C14H13ClN2O5S/c1-21-11-5-4-10(15)7-12(11)23(19,20)17-13-6-3-9(8-16-13)14(18)22-2/h3-8H,1-2H3,(H,16,17). The Morgan fingerprint density at radius 3 is 2.52 bits per heavy atom. The molecule has 7 nitrogen and oxygen atoms in total. The number of rotatable bonds is 5. The number of hydrogen-bond donors (Lipinski definition) is 1. The zero-order valence-corrected chi connectivity index (χ0v) is 13.8. The van der Waals surface area contributed by atoms with Crippen LogP contribution in [0.1, 0.15) is 10.4 Å². The Balaban J connectivity index is 2.31. The Bertz CT molecular complexity index is 822. The number of carbonyl (C=O) groups is 1. The van der Waals surface area contributed by atoms with Crippen molar-refractivity contribution >= 4 is 33.4 Å². The van der Waals surface area contributed by atoms with Crippen LogP contribution in [-0.2, 0) is 14.8 Å². The molecule has 0 atom stereocenters. The number of ether oxygens (including phenoxy) is 2. The molecule has 0 saturated heterocycles. The molecule has 0 bridgehead atoms. The van der Waals surface area contributed by atoms with Crippen LogP contribution in [0.4, 0.5) is 5.82 Å². The van der Waals surface area contributed by atoms with Crippen molar-refractivity contribution in [3.63, 3.8) is 0 Å². The molecule has 2 aromatic rings. The molecular weight excluding hydrogens is 344 g/mol. The van der Waals surface area contributed by atoms with Gasteiger partial charge in [0.25, 0.3) is 10.0 Å². The molecule has 0 saturated carbocycles. The van der Waals surface area contributed by atoms with Crippen molar-refractivity contribution in [3.8, 4) is 5.75 Å². The third-order valence-corrected chi connectivity index (χ3v) is 4.45. The topological polar surface area (TPSA) is 94.6 Å². The number of esters is 1. The maximum atomic E-state index is 12.4. The number of carbonyl (C=O) groups excluding carboxylic acids is 1. The van der Waals surface area contributed by atoms with Crippen LogP contribution < -0.4 is 9.46 Å². The summed E-state index contributed by atoms with van der Waals surface area (Å²) in [4.78, 5) is 15.1. The average Bonchev–Trinajstić information content (AvgIpc) is 2.54. The van der Waals surface area contributed by atoms with Gasteiger partial charge in [0.2, 0.25) is 0 Å². The van der Waals surface area contributed by atoms with Crippen LogP contribution in [0.2, 0.25) is 5.02 Å². The number of hydrogen-bond acceptors (Lipinski definition) is 6. The van der Waals surface area contributed by atoms with Gasteiger partial charge in [-0.3, -0.25) is 4.72 Å². The van der Waals surface area contributed by atoms with Gasteiger partial charge in [-0.05, 0) is 30.3 Å². The smallest absolute Gasteiger partial charge is 0.339 e. The lowest BCUT2D eigenvalue weighted by molar-refractivity contribution is 0.0600. The second-order valence-corrected chi connectivity index (χ2v) is 6.41. The van der Waals surface area contributed by atoms with Gasteiger partial charge in [-0.15, -0.1) is 0 Å². The van der Waals surface area contributed by atoms with Gasteiger partial charge in [0, 0.05) is 11.2 Å². The molecule has 0 spiro atoms. The first-order valence-corrected chi connectivity index (χ1v) is 8.14. The highest BCUT2D eigenvalue weighted by atomic mass is 35.5. The van der Waals surface area contributed by atoms with E-state index in [1.807, 2.05) is 0 Å². The van der Waals surface area contributed by atoms with E-state index in [1.54, 1.807) is 0 Å². The molecule has 1 aromatic carbocycles. The Morgan fingerprint density at radius 1 is 1.22 bits per heavy atom. The largest absolute Gasteiger partial charge is 0.495 e. The molecule has 1 N–H and O–H groups in total. The van der Waals surface area contributed by atoms with E-state index in [1.165, 1.54) is 50.7 Å². The first kappa shape index (κ1) is 17.0. The van der Waals surface area contributed by atoms with E-state index in [9.17, 15) is 13.2 Å². The lowest BCUT2D eigenvalue weighted by atomic mass is 10.3. The number of methoxy groups -OCH3 is 2. The maximum Gasteiger partial charge on any atom is 0.339 e. The number of benzene rings is 1. The van der Waals surface area contributed by atoms with Crippen molar-refractivity contribution in [1.82, 2.24) is 4.98 Å². The first-order chi connectivity index (χ1) is 10.9. The van der Waals surface area contributed by atoms with Crippen LogP contribution in [0.15, 0.2) is 41.4 Å². The fraction of sp³-hybridized carbons (Fsp3) is 0.143. The second-order valence-electron chi connectivity index (χ2n) is 4.32. The third kappa shape index (κ3) is 3.91. The molecule has 1 heterocycles. The Morgan fingerprint density at radius 2 is 1.96 bits per heavy atom. The molecule has 122 valence electrons. The van der Waals surface area contributed by atoms with Crippen LogP contribution in [-0.4, -0.2) is 33.6 Å². The summed E-state index contributed by atoms with van der Waals surface area (Å²) < 4.78 is 36.7. The monoisotopic (exact) mass is 356 g/mol. The molecule has 0 unspecified atom stereocenters. The number of halogens is 1. The molecule has 0 radical (unpaired) electrons. The first-order valence-electron chi connectivity index (χ1n) is 6.28. The van der Waals surface area contributed by atoms with Gasteiger partial charge in [0.1, 0.15) is 16.5 Å².